The Morgan fingerprint density at radius 2 is 1.97 bits per heavy atom. The summed E-state index contributed by atoms with van der Waals surface area (Å²) in [7, 11) is 0. The summed E-state index contributed by atoms with van der Waals surface area (Å²) in [5.41, 5.74) is 0.617. The summed E-state index contributed by atoms with van der Waals surface area (Å²) in [5, 5.41) is 8.80. The molecule has 0 saturated heterocycles. The molecule has 5 rings (SSSR count). The van der Waals surface area contributed by atoms with Crippen LogP contribution in [0.2, 0.25) is 5.02 Å². The van der Waals surface area contributed by atoms with Gasteiger partial charge in [-0.2, -0.15) is 0 Å². The van der Waals surface area contributed by atoms with E-state index in [1.165, 1.54) is 4.88 Å². The van der Waals surface area contributed by atoms with E-state index < -0.39 is 5.54 Å². The molecule has 8 heteroatoms. The third kappa shape index (κ3) is 3.74. The van der Waals surface area contributed by atoms with Crippen molar-refractivity contribution in [3.05, 3.63) is 80.4 Å². The van der Waals surface area contributed by atoms with Crippen LogP contribution < -0.4 is 5.32 Å². The van der Waals surface area contributed by atoms with E-state index in [2.05, 4.69) is 11.4 Å². The Kier molecular flexibility index (Phi) is 5.57. The van der Waals surface area contributed by atoms with E-state index in [9.17, 15) is 9.59 Å². The minimum absolute atomic E-state index is 0.0969. The molecule has 0 spiro atoms. The van der Waals surface area contributed by atoms with Crippen LogP contribution in [0.25, 0.3) is 10.2 Å². The number of aromatic nitrogens is 1. The fraction of sp³-hybridized carbons (Fsp3) is 0.250. The first kappa shape index (κ1) is 21.2. The van der Waals surface area contributed by atoms with Crippen molar-refractivity contribution in [1.29, 1.82) is 0 Å². The molecule has 0 unspecified atom stereocenters. The Morgan fingerprint density at radius 1 is 1.16 bits per heavy atom. The monoisotopic (exact) mass is 483 g/mol. The van der Waals surface area contributed by atoms with Gasteiger partial charge >= 0.3 is 0 Å². The molecule has 0 saturated carbocycles. The normalized spacial score (nSPS) is 18.2. The molecule has 32 heavy (non-hydrogen) atoms. The SMILES string of the molecule is C[C@]1(C(=O)NCc2ccc(Cl)cc2)Cn2c(cc3ccsc32)C(=O)N1CCc1cccs1. The second kappa shape index (κ2) is 8.39. The second-order valence-electron chi connectivity index (χ2n) is 8.17. The fourth-order valence-electron chi connectivity index (χ4n) is 4.26. The Hall–Kier alpha value is -2.61. The van der Waals surface area contributed by atoms with Crippen LogP contribution in [0.15, 0.2) is 59.3 Å². The molecule has 1 aromatic carbocycles. The number of carbonyl (C=O) groups is 2. The molecule has 4 aromatic rings. The first-order valence-electron chi connectivity index (χ1n) is 10.4. The summed E-state index contributed by atoms with van der Waals surface area (Å²) in [6.45, 7) is 3.17. The fourth-order valence-corrected chi connectivity index (χ4v) is 5.98. The number of hydrogen-bond acceptors (Lipinski definition) is 4. The Labute approximate surface area is 199 Å². The zero-order valence-corrected chi connectivity index (χ0v) is 19.9. The molecule has 3 aromatic heterocycles. The summed E-state index contributed by atoms with van der Waals surface area (Å²) >= 11 is 9.24. The smallest absolute Gasteiger partial charge is 0.271 e. The number of nitrogens with one attached hydrogen (secondary N) is 1. The third-order valence-electron chi connectivity index (χ3n) is 6.05. The molecular weight excluding hydrogens is 462 g/mol. The van der Waals surface area contributed by atoms with E-state index in [0.29, 0.717) is 30.4 Å². The van der Waals surface area contributed by atoms with E-state index in [1.807, 2.05) is 64.7 Å². The van der Waals surface area contributed by atoms with Crippen LogP contribution in [-0.4, -0.2) is 33.4 Å². The van der Waals surface area contributed by atoms with Gasteiger partial charge in [0.25, 0.3) is 5.91 Å². The summed E-state index contributed by atoms with van der Waals surface area (Å²) in [6.07, 6.45) is 0.721. The van der Waals surface area contributed by atoms with E-state index in [-0.39, 0.29) is 11.8 Å². The van der Waals surface area contributed by atoms with Gasteiger partial charge in [-0.15, -0.1) is 22.7 Å². The lowest BCUT2D eigenvalue weighted by molar-refractivity contribution is -0.133. The minimum atomic E-state index is -0.996. The number of thiophene rings is 2. The maximum atomic E-state index is 13.6. The van der Waals surface area contributed by atoms with Crippen LogP contribution in [-0.2, 0) is 24.3 Å². The van der Waals surface area contributed by atoms with E-state index >= 15 is 0 Å². The molecule has 0 bridgehead atoms. The molecule has 164 valence electrons. The highest BCUT2D eigenvalue weighted by molar-refractivity contribution is 7.16. The molecular formula is C24H22ClN3O2S2. The molecule has 0 radical (unpaired) electrons. The second-order valence-corrected chi connectivity index (χ2v) is 10.5. The van der Waals surface area contributed by atoms with Gasteiger partial charge in [0.15, 0.2) is 0 Å². The predicted molar refractivity (Wildman–Crippen MR) is 131 cm³/mol. The van der Waals surface area contributed by atoms with Crippen LogP contribution >= 0.6 is 34.3 Å². The van der Waals surface area contributed by atoms with Crippen molar-refractivity contribution in [3.63, 3.8) is 0 Å². The molecule has 0 fully saturated rings. The van der Waals surface area contributed by atoms with Crippen molar-refractivity contribution in [2.75, 3.05) is 6.54 Å². The summed E-state index contributed by atoms with van der Waals surface area (Å²) in [6, 6.07) is 15.4. The van der Waals surface area contributed by atoms with Gasteiger partial charge in [-0.25, -0.2) is 0 Å². The van der Waals surface area contributed by atoms with Gasteiger partial charge in [0, 0.05) is 28.4 Å². The van der Waals surface area contributed by atoms with Crippen LogP contribution in [0, 0.1) is 0 Å². The van der Waals surface area contributed by atoms with Gasteiger partial charge in [0.1, 0.15) is 16.1 Å². The number of hydrogen-bond donors (Lipinski definition) is 1. The largest absolute Gasteiger partial charge is 0.350 e. The van der Waals surface area contributed by atoms with Gasteiger partial charge < -0.3 is 14.8 Å². The predicted octanol–water partition coefficient (Wildman–Crippen LogP) is 5.19. The number of rotatable bonds is 6. The Balaban J connectivity index is 1.45. The number of carbonyl (C=O) groups excluding carboxylic acids is 2. The lowest BCUT2D eigenvalue weighted by atomic mass is 9.94. The highest BCUT2D eigenvalue weighted by atomic mass is 35.5. The molecule has 1 aliphatic rings. The average Bonchev–Trinajstić information content (AvgIpc) is 3.52. The first-order valence-corrected chi connectivity index (χ1v) is 12.5. The van der Waals surface area contributed by atoms with Crippen LogP contribution in [0.1, 0.15) is 27.9 Å². The van der Waals surface area contributed by atoms with Crippen LogP contribution in [0.5, 0.6) is 0 Å². The third-order valence-corrected chi connectivity index (χ3v) is 8.19. The number of amides is 2. The van der Waals surface area contributed by atoms with Crippen LogP contribution in [0.3, 0.4) is 0 Å². The van der Waals surface area contributed by atoms with Crippen molar-refractivity contribution in [3.8, 4) is 0 Å². The Bertz CT molecular complexity index is 1280. The van der Waals surface area contributed by atoms with Crippen molar-refractivity contribution in [1.82, 2.24) is 14.8 Å². The highest BCUT2D eigenvalue weighted by Gasteiger charge is 2.47. The number of fused-ring (bicyclic) bond motifs is 3. The van der Waals surface area contributed by atoms with Crippen LogP contribution in [0.4, 0.5) is 0 Å². The molecule has 5 nitrogen and oxygen atoms in total. The van der Waals surface area contributed by atoms with Gasteiger partial charge in [-0.3, -0.25) is 9.59 Å². The topological polar surface area (TPSA) is 54.3 Å². The van der Waals surface area contributed by atoms with Crippen molar-refractivity contribution in [2.45, 2.75) is 32.0 Å². The van der Waals surface area contributed by atoms with Crippen molar-refractivity contribution in [2.24, 2.45) is 0 Å². The Morgan fingerprint density at radius 3 is 2.72 bits per heavy atom. The quantitative estimate of drug-likeness (QED) is 0.410. The zero-order chi connectivity index (χ0) is 22.3. The number of nitrogens with zero attached hydrogens (tertiary/aromatic N) is 2. The first-order chi connectivity index (χ1) is 15.5. The molecule has 2 amide bonds. The van der Waals surface area contributed by atoms with Gasteiger partial charge in [0.2, 0.25) is 5.91 Å². The van der Waals surface area contributed by atoms with Gasteiger partial charge in [-0.05, 0) is 60.0 Å². The molecule has 4 heterocycles. The van der Waals surface area contributed by atoms with Gasteiger partial charge in [-0.1, -0.05) is 29.8 Å². The van der Waals surface area contributed by atoms with Crippen molar-refractivity contribution < 1.29 is 9.59 Å². The molecule has 0 aliphatic carbocycles. The van der Waals surface area contributed by atoms with E-state index in [1.54, 1.807) is 27.6 Å². The maximum Gasteiger partial charge on any atom is 0.271 e. The standard InChI is InChI=1S/C24H22ClN3O2S2/c1-24(23(30)26-14-16-4-6-18(25)7-5-16)15-27-20(13-17-9-12-32-22(17)27)21(29)28(24)10-8-19-3-2-11-31-19/h2-7,9,11-13H,8,10,14-15H2,1H3,(H,26,30)/t24-/m1/s1. The average molecular weight is 484 g/mol. The van der Waals surface area contributed by atoms with E-state index in [4.69, 9.17) is 11.6 Å². The van der Waals surface area contributed by atoms with Gasteiger partial charge in [0.05, 0.1) is 6.54 Å². The lowest BCUT2D eigenvalue weighted by Crippen LogP contribution is -2.64. The number of benzene rings is 1. The highest BCUT2D eigenvalue weighted by Crippen LogP contribution is 2.34. The van der Waals surface area contributed by atoms with E-state index in [0.717, 1.165) is 22.2 Å². The number of halogens is 1. The lowest BCUT2D eigenvalue weighted by Gasteiger charge is -2.44. The minimum Gasteiger partial charge on any atom is -0.350 e. The zero-order valence-electron chi connectivity index (χ0n) is 17.5. The maximum absolute atomic E-state index is 13.6. The summed E-state index contributed by atoms with van der Waals surface area (Å²) in [4.78, 5) is 31.1. The molecule has 1 N–H and O–H groups in total. The molecule has 1 atom stereocenters. The molecule has 1 aliphatic heterocycles. The summed E-state index contributed by atoms with van der Waals surface area (Å²) in [5.74, 6) is -0.253. The summed E-state index contributed by atoms with van der Waals surface area (Å²) < 4.78 is 2.01. The van der Waals surface area contributed by atoms with Crippen molar-refractivity contribution >= 4 is 56.3 Å².